The van der Waals surface area contributed by atoms with Gasteiger partial charge in [-0.1, -0.05) is 28.8 Å². The fourth-order valence-electron chi connectivity index (χ4n) is 3.35. The van der Waals surface area contributed by atoms with E-state index in [-0.39, 0.29) is 10.8 Å². The number of benzene rings is 2. The number of hydrogen-bond acceptors (Lipinski definition) is 4. The van der Waals surface area contributed by atoms with Gasteiger partial charge in [-0.05, 0) is 61.4 Å². The molecule has 1 saturated heterocycles. The molecule has 0 unspecified atom stereocenters. The van der Waals surface area contributed by atoms with Gasteiger partial charge in [-0.3, -0.25) is 4.79 Å². The monoisotopic (exact) mass is 494 g/mol. The third-order valence-electron chi connectivity index (χ3n) is 5.16. The molecule has 6 nitrogen and oxygen atoms in total. The lowest BCUT2D eigenvalue weighted by Crippen LogP contribution is -2.32. The first kappa shape index (κ1) is 22.8. The Bertz CT molecular complexity index is 938. The van der Waals surface area contributed by atoms with Crippen molar-refractivity contribution in [2.75, 3.05) is 33.3 Å². The molecule has 1 aliphatic rings. The van der Waals surface area contributed by atoms with Crippen molar-refractivity contribution in [2.45, 2.75) is 30.6 Å². The minimum Gasteiger partial charge on any atom is -0.492 e. The maximum atomic E-state index is 12.9. The van der Waals surface area contributed by atoms with Crippen LogP contribution in [0.2, 0.25) is 0 Å². The van der Waals surface area contributed by atoms with E-state index in [0.29, 0.717) is 31.8 Å². The van der Waals surface area contributed by atoms with E-state index in [1.54, 1.807) is 28.4 Å². The lowest BCUT2D eigenvalue weighted by Gasteiger charge is -2.20. The first-order valence-corrected chi connectivity index (χ1v) is 12.4. The summed E-state index contributed by atoms with van der Waals surface area (Å²) in [5, 5.41) is 0. The Morgan fingerprint density at radius 2 is 1.60 bits per heavy atom. The zero-order chi connectivity index (χ0) is 21.6. The SMILES string of the molecule is CN(CCOc1ccc(Br)cc1)C(=O)c1ccc(S(=O)(=O)N2CCCCCC2)cc1. The maximum Gasteiger partial charge on any atom is 0.253 e. The largest absolute Gasteiger partial charge is 0.492 e. The molecule has 1 amide bonds. The van der Waals surface area contributed by atoms with E-state index in [9.17, 15) is 13.2 Å². The van der Waals surface area contributed by atoms with E-state index in [4.69, 9.17) is 4.74 Å². The summed E-state index contributed by atoms with van der Waals surface area (Å²) < 4.78 is 33.9. The Morgan fingerprint density at radius 3 is 2.20 bits per heavy atom. The van der Waals surface area contributed by atoms with E-state index < -0.39 is 10.0 Å². The van der Waals surface area contributed by atoms with Gasteiger partial charge in [-0.15, -0.1) is 0 Å². The number of hydrogen-bond donors (Lipinski definition) is 0. The number of halogens is 1. The zero-order valence-electron chi connectivity index (χ0n) is 17.1. The molecular formula is C22H27BrN2O4S. The van der Waals surface area contributed by atoms with Crippen molar-refractivity contribution in [1.82, 2.24) is 9.21 Å². The van der Waals surface area contributed by atoms with Gasteiger partial charge in [0.15, 0.2) is 0 Å². The molecule has 0 aromatic heterocycles. The van der Waals surface area contributed by atoms with Crippen LogP contribution in [0.1, 0.15) is 36.0 Å². The van der Waals surface area contributed by atoms with Crippen LogP contribution in [-0.4, -0.2) is 56.8 Å². The Hall–Kier alpha value is -1.90. The topological polar surface area (TPSA) is 66.9 Å². The van der Waals surface area contributed by atoms with Gasteiger partial charge in [-0.25, -0.2) is 8.42 Å². The van der Waals surface area contributed by atoms with Crippen LogP contribution in [0.5, 0.6) is 5.75 Å². The molecule has 1 heterocycles. The molecule has 0 N–H and O–H groups in total. The van der Waals surface area contributed by atoms with Crippen LogP contribution < -0.4 is 4.74 Å². The van der Waals surface area contributed by atoms with E-state index in [1.165, 1.54) is 12.1 Å². The summed E-state index contributed by atoms with van der Waals surface area (Å²) in [5.41, 5.74) is 0.455. The van der Waals surface area contributed by atoms with E-state index in [1.807, 2.05) is 24.3 Å². The Labute approximate surface area is 187 Å². The third-order valence-corrected chi connectivity index (χ3v) is 7.60. The quantitative estimate of drug-likeness (QED) is 0.579. The van der Waals surface area contributed by atoms with Gasteiger partial charge < -0.3 is 9.64 Å². The number of sulfonamides is 1. The van der Waals surface area contributed by atoms with Crippen molar-refractivity contribution in [1.29, 1.82) is 0 Å². The lowest BCUT2D eigenvalue weighted by molar-refractivity contribution is 0.0773. The average Bonchev–Trinajstić information content (AvgIpc) is 3.05. The first-order valence-electron chi connectivity index (χ1n) is 10.1. The molecule has 0 spiro atoms. The second-order valence-electron chi connectivity index (χ2n) is 7.37. The summed E-state index contributed by atoms with van der Waals surface area (Å²) in [6.07, 6.45) is 3.92. The highest BCUT2D eigenvalue weighted by Crippen LogP contribution is 2.21. The normalized spacial score (nSPS) is 15.4. The number of carbonyl (C=O) groups is 1. The number of amides is 1. The first-order chi connectivity index (χ1) is 14.4. The number of nitrogens with zero attached hydrogens (tertiary/aromatic N) is 2. The molecule has 0 radical (unpaired) electrons. The molecule has 2 aromatic carbocycles. The van der Waals surface area contributed by atoms with Crippen LogP contribution in [0.25, 0.3) is 0 Å². The number of likely N-dealkylation sites (N-methyl/N-ethyl adjacent to an activating group) is 1. The van der Waals surface area contributed by atoms with Gasteiger partial charge in [0.05, 0.1) is 11.4 Å². The van der Waals surface area contributed by atoms with E-state index >= 15 is 0 Å². The number of carbonyl (C=O) groups excluding carboxylic acids is 1. The van der Waals surface area contributed by atoms with Crippen LogP contribution in [0.15, 0.2) is 57.9 Å². The lowest BCUT2D eigenvalue weighted by atomic mass is 10.2. The molecule has 8 heteroatoms. The molecule has 2 aromatic rings. The third kappa shape index (κ3) is 5.83. The molecule has 1 fully saturated rings. The molecular weight excluding hydrogens is 468 g/mol. The van der Waals surface area contributed by atoms with E-state index in [2.05, 4.69) is 15.9 Å². The highest BCUT2D eigenvalue weighted by Gasteiger charge is 2.25. The van der Waals surface area contributed by atoms with Gasteiger partial charge in [-0.2, -0.15) is 4.31 Å². The summed E-state index contributed by atoms with van der Waals surface area (Å²) in [4.78, 5) is 14.4. The molecule has 1 aliphatic heterocycles. The fraction of sp³-hybridized carbons (Fsp3) is 0.409. The molecule has 30 heavy (non-hydrogen) atoms. The van der Waals surface area contributed by atoms with Crippen molar-refractivity contribution in [3.05, 3.63) is 58.6 Å². The summed E-state index contributed by atoms with van der Waals surface area (Å²) in [5.74, 6) is 0.565. The highest BCUT2D eigenvalue weighted by molar-refractivity contribution is 9.10. The molecule has 0 bridgehead atoms. The van der Waals surface area contributed by atoms with Crippen LogP contribution >= 0.6 is 15.9 Å². The highest BCUT2D eigenvalue weighted by atomic mass is 79.9. The van der Waals surface area contributed by atoms with Crippen LogP contribution in [0.3, 0.4) is 0 Å². The molecule has 162 valence electrons. The van der Waals surface area contributed by atoms with Gasteiger partial charge in [0.1, 0.15) is 12.4 Å². The summed E-state index contributed by atoms with van der Waals surface area (Å²) in [6.45, 7) is 1.91. The summed E-state index contributed by atoms with van der Waals surface area (Å²) in [7, 11) is -1.81. The van der Waals surface area contributed by atoms with Crippen molar-refractivity contribution >= 4 is 31.9 Å². The minimum atomic E-state index is -3.51. The predicted octanol–water partition coefficient (Wildman–Crippen LogP) is 4.16. The van der Waals surface area contributed by atoms with Crippen molar-refractivity contribution in [3.63, 3.8) is 0 Å². The number of rotatable bonds is 7. The smallest absolute Gasteiger partial charge is 0.253 e. The van der Waals surface area contributed by atoms with Gasteiger partial charge in [0.25, 0.3) is 5.91 Å². The Morgan fingerprint density at radius 1 is 1.00 bits per heavy atom. The molecule has 0 atom stereocenters. The standard InChI is InChI=1S/C22H27BrN2O4S/c1-24(16-17-29-20-10-8-19(23)9-11-20)22(26)18-6-12-21(13-7-18)30(27,28)25-14-4-2-3-5-15-25/h6-13H,2-5,14-17H2,1H3. The van der Waals surface area contributed by atoms with Gasteiger partial charge in [0, 0.05) is 30.2 Å². The Kier molecular flexibility index (Phi) is 7.91. The second-order valence-corrected chi connectivity index (χ2v) is 10.2. The number of ether oxygens (including phenoxy) is 1. The van der Waals surface area contributed by atoms with Crippen molar-refractivity contribution < 1.29 is 17.9 Å². The Balaban J connectivity index is 1.57. The van der Waals surface area contributed by atoms with Crippen LogP contribution in [-0.2, 0) is 10.0 Å². The van der Waals surface area contributed by atoms with E-state index in [0.717, 1.165) is 35.9 Å². The van der Waals surface area contributed by atoms with Gasteiger partial charge in [0.2, 0.25) is 10.0 Å². The molecule has 0 aliphatic carbocycles. The van der Waals surface area contributed by atoms with Gasteiger partial charge >= 0.3 is 0 Å². The van der Waals surface area contributed by atoms with Crippen molar-refractivity contribution in [3.8, 4) is 5.75 Å². The molecule has 3 rings (SSSR count). The van der Waals surface area contributed by atoms with Crippen LogP contribution in [0.4, 0.5) is 0 Å². The second kappa shape index (κ2) is 10.4. The minimum absolute atomic E-state index is 0.173. The maximum absolute atomic E-state index is 12.9. The predicted molar refractivity (Wildman–Crippen MR) is 120 cm³/mol. The summed E-state index contributed by atoms with van der Waals surface area (Å²) >= 11 is 3.38. The fourth-order valence-corrected chi connectivity index (χ4v) is 5.14. The molecule has 0 saturated carbocycles. The average molecular weight is 495 g/mol. The van der Waals surface area contributed by atoms with Crippen molar-refractivity contribution in [2.24, 2.45) is 0 Å². The van der Waals surface area contributed by atoms with Crippen LogP contribution in [0, 0.1) is 0 Å². The summed E-state index contributed by atoms with van der Waals surface area (Å²) in [6, 6.07) is 13.7. The zero-order valence-corrected chi connectivity index (χ0v) is 19.5.